The summed E-state index contributed by atoms with van der Waals surface area (Å²) in [6.07, 6.45) is 12.7. The number of quaternary nitrogens is 1. The van der Waals surface area contributed by atoms with E-state index in [-0.39, 0.29) is 5.97 Å². The minimum atomic E-state index is -0.307. The minimum absolute atomic E-state index is 0.307. The normalized spacial score (nSPS) is 11.3. The number of rotatable bonds is 13. The fraction of sp³-hybridized carbons (Fsp3) is 0.824. The van der Waals surface area contributed by atoms with Gasteiger partial charge in [0.15, 0.2) is 0 Å². The quantitative estimate of drug-likeness (QED) is 0.222. The zero-order valence-corrected chi connectivity index (χ0v) is 13.8. The van der Waals surface area contributed by atoms with E-state index in [0.717, 1.165) is 17.3 Å². The third-order valence-electron chi connectivity index (χ3n) is 3.38. The first kappa shape index (κ1) is 19.2. The number of unbranched alkanes of at least 4 members (excludes halogenated alkanes) is 8. The van der Waals surface area contributed by atoms with E-state index < -0.39 is 0 Å². The molecule has 0 aliphatic rings. The summed E-state index contributed by atoms with van der Waals surface area (Å²) in [4.78, 5) is 10.8. The molecular weight excluding hydrogens is 250 g/mol. The minimum Gasteiger partial charge on any atom is -0.463 e. The van der Waals surface area contributed by atoms with Gasteiger partial charge in [-0.2, -0.15) is 0 Å². The third-order valence-corrected chi connectivity index (χ3v) is 3.38. The SMILES string of the molecule is C=CC(=O)OCCCCCCCCCCC[N+](C)(C)C. The second-order valence-corrected chi connectivity index (χ2v) is 6.57. The van der Waals surface area contributed by atoms with Gasteiger partial charge in [-0.05, 0) is 19.3 Å². The van der Waals surface area contributed by atoms with Gasteiger partial charge in [0, 0.05) is 6.08 Å². The second kappa shape index (κ2) is 12.0. The van der Waals surface area contributed by atoms with Gasteiger partial charge >= 0.3 is 5.97 Å². The Balaban J connectivity index is 3.10. The van der Waals surface area contributed by atoms with Crippen LogP contribution in [0.2, 0.25) is 0 Å². The molecule has 0 aliphatic heterocycles. The predicted octanol–water partition coefficient (Wildman–Crippen LogP) is 3.93. The van der Waals surface area contributed by atoms with Crippen molar-refractivity contribution in [3.05, 3.63) is 12.7 Å². The van der Waals surface area contributed by atoms with Crippen LogP contribution >= 0.6 is 0 Å². The molecule has 0 bridgehead atoms. The van der Waals surface area contributed by atoms with Crippen molar-refractivity contribution in [3.63, 3.8) is 0 Å². The number of carbonyl (C=O) groups is 1. The molecule has 0 unspecified atom stereocenters. The maximum Gasteiger partial charge on any atom is 0.330 e. The molecule has 0 radical (unpaired) electrons. The average Bonchev–Trinajstić information content (AvgIpc) is 2.38. The monoisotopic (exact) mass is 284 g/mol. The summed E-state index contributed by atoms with van der Waals surface area (Å²) in [7, 11) is 6.77. The fourth-order valence-corrected chi connectivity index (χ4v) is 2.16. The van der Waals surface area contributed by atoms with Gasteiger partial charge in [-0.3, -0.25) is 0 Å². The number of hydrogen-bond donors (Lipinski definition) is 0. The van der Waals surface area contributed by atoms with E-state index in [2.05, 4.69) is 27.7 Å². The van der Waals surface area contributed by atoms with Crippen LogP contribution in [-0.2, 0) is 9.53 Å². The molecule has 0 aromatic carbocycles. The van der Waals surface area contributed by atoms with Crippen LogP contribution in [0.3, 0.4) is 0 Å². The molecule has 0 aromatic rings. The number of hydrogen-bond acceptors (Lipinski definition) is 2. The van der Waals surface area contributed by atoms with Crippen molar-refractivity contribution < 1.29 is 14.0 Å². The highest BCUT2D eigenvalue weighted by molar-refractivity contribution is 5.81. The standard InChI is InChI=1S/C17H34NO2/c1-5-17(19)20-16-14-12-10-8-6-7-9-11-13-15-18(2,3)4/h5H,1,6-16H2,2-4H3/q+1. The van der Waals surface area contributed by atoms with Gasteiger partial charge in [0.1, 0.15) is 0 Å². The second-order valence-electron chi connectivity index (χ2n) is 6.57. The van der Waals surface area contributed by atoms with E-state index in [0.29, 0.717) is 6.61 Å². The Morgan fingerprint density at radius 1 is 0.900 bits per heavy atom. The molecule has 20 heavy (non-hydrogen) atoms. The van der Waals surface area contributed by atoms with Gasteiger partial charge in [-0.1, -0.05) is 45.1 Å². The van der Waals surface area contributed by atoms with Gasteiger partial charge in [-0.15, -0.1) is 0 Å². The van der Waals surface area contributed by atoms with Crippen LogP contribution in [0.4, 0.5) is 0 Å². The zero-order chi connectivity index (χ0) is 15.3. The Bertz CT molecular complexity index is 256. The number of ether oxygens (including phenoxy) is 1. The predicted molar refractivity (Wildman–Crippen MR) is 85.6 cm³/mol. The van der Waals surface area contributed by atoms with Gasteiger partial charge in [0.2, 0.25) is 0 Å². The van der Waals surface area contributed by atoms with E-state index in [9.17, 15) is 4.79 Å². The Morgan fingerprint density at radius 3 is 1.80 bits per heavy atom. The van der Waals surface area contributed by atoms with Crippen molar-refractivity contribution in [1.82, 2.24) is 0 Å². The summed E-state index contributed by atoms with van der Waals surface area (Å²) in [5.74, 6) is -0.307. The van der Waals surface area contributed by atoms with Crippen LogP contribution in [0.5, 0.6) is 0 Å². The van der Waals surface area contributed by atoms with Crippen LogP contribution in [0, 0.1) is 0 Å². The van der Waals surface area contributed by atoms with Crippen molar-refractivity contribution in [2.75, 3.05) is 34.3 Å². The smallest absolute Gasteiger partial charge is 0.330 e. The van der Waals surface area contributed by atoms with Crippen molar-refractivity contribution >= 4 is 5.97 Å². The molecule has 0 atom stereocenters. The summed E-state index contributed by atoms with van der Waals surface area (Å²) in [6, 6.07) is 0. The van der Waals surface area contributed by atoms with Gasteiger partial charge in [-0.25, -0.2) is 4.79 Å². The lowest BCUT2D eigenvalue weighted by Crippen LogP contribution is -2.35. The first-order valence-corrected chi connectivity index (χ1v) is 8.05. The third kappa shape index (κ3) is 15.2. The Kier molecular flexibility index (Phi) is 11.5. The molecule has 0 fully saturated rings. The molecule has 0 rings (SSSR count). The van der Waals surface area contributed by atoms with Crippen molar-refractivity contribution in [1.29, 1.82) is 0 Å². The lowest BCUT2D eigenvalue weighted by Gasteiger charge is -2.23. The summed E-state index contributed by atoms with van der Waals surface area (Å²) < 4.78 is 6.01. The maximum atomic E-state index is 10.8. The van der Waals surface area contributed by atoms with E-state index in [4.69, 9.17) is 4.74 Å². The Hall–Kier alpha value is -0.830. The first-order chi connectivity index (χ1) is 9.45. The Morgan fingerprint density at radius 2 is 1.35 bits per heavy atom. The zero-order valence-electron chi connectivity index (χ0n) is 13.8. The fourth-order valence-electron chi connectivity index (χ4n) is 2.16. The van der Waals surface area contributed by atoms with Crippen molar-refractivity contribution in [3.8, 4) is 0 Å². The van der Waals surface area contributed by atoms with Crippen molar-refractivity contribution in [2.24, 2.45) is 0 Å². The summed E-state index contributed by atoms with van der Waals surface area (Å²) in [5, 5.41) is 0. The first-order valence-electron chi connectivity index (χ1n) is 8.05. The molecule has 0 N–H and O–H groups in total. The average molecular weight is 284 g/mol. The molecule has 0 amide bonds. The lowest BCUT2D eigenvalue weighted by molar-refractivity contribution is -0.870. The van der Waals surface area contributed by atoms with Crippen LogP contribution in [0.25, 0.3) is 0 Å². The van der Waals surface area contributed by atoms with Gasteiger partial charge in [0.05, 0.1) is 34.3 Å². The highest BCUT2D eigenvalue weighted by Crippen LogP contribution is 2.10. The molecule has 0 aliphatic carbocycles. The highest BCUT2D eigenvalue weighted by Gasteiger charge is 2.04. The number of esters is 1. The lowest BCUT2D eigenvalue weighted by atomic mass is 10.1. The van der Waals surface area contributed by atoms with E-state index >= 15 is 0 Å². The number of carbonyl (C=O) groups excluding carboxylic acids is 1. The van der Waals surface area contributed by atoms with Gasteiger partial charge < -0.3 is 9.22 Å². The molecular formula is C17H34NO2+. The maximum absolute atomic E-state index is 10.8. The highest BCUT2D eigenvalue weighted by atomic mass is 16.5. The van der Waals surface area contributed by atoms with Crippen molar-refractivity contribution in [2.45, 2.75) is 57.8 Å². The molecule has 3 heteroatoms. The van der Waals surface area contributed by atoms with E-state index in [1.807, 2.05) is 0 Å². The molecule has 0 saturated heterocycles. The molecule has 3 nitrogen and oxygen atoms in total. The Labute approximate surface area is 125 Å². The molecule has 0 heterocycles. The van der Waals surface area contributed by atoms with Crippen LogP contribution in [0.1, 0.15) is 57.8 Å². The topological polar surface area (TPSA) is 26.3 Å². The molecule has 0 spiro atoms. The van der Waals surface area contributed by atoms with Gasteiger partial charge in [0.25, 0.3) is 0 Å². The van der Waals surface area contributed by atoms with Crippen LogP contribution in [0.15, 0.2) is 12.7 Å². The largest absolute Gasteiger partial charge is 0.463 e. The molecule has 0 aromatic heterocycles. The van der Waals surface area contributed by atoms with Crippen LogP contribution in [-0.4, -0.2) is 44.7 Å². The van der Waals surface area contributed by atoms with E-state index in [1.165, 1.54) is 57.6 Å². The van der Waals surface area contributed by atoms with E-state index in [1.54, 1.807) is 0 Å². The molecule has 0 saturated carbocycles. The number of nitrogens with zero attached hydrogens (tertiary/aromatic N) is 1. The summed E-state index contributed by atoms with van der Waals surface area (Å²) in [6.45, 7) is 5.19. The summed E-state index contributed by atoms with van der Waals surface area (Å²) in [5.41, 5.74) is 0. The summed E-state index contributed by atoms with van der Waals surface area (Å²) >= 11 is 0. The van der Waals surface area contributed by atoms with Crippen LogP contribution < -0.4 is 0 Å². The molecule has 118 valence electrons.